The molecule has 1 spiro atoms. The molecule has 36 heavy (non-hydrogen) atoms. The number of thiazole rings is 1. The third-order valence-electron chi connectivity index (χ3n) is 7.76. The Balaban J connectivity index is 1.33. The molecule has 2 aliphatic heterocycles. The number of piperidine rings is 1. The minimum absolute atomic E-state index is 0.0630. The van der Waals surface area contributed by atoms with Crippen LogP contribution in [0.5, 0.6) is 0 Å². The van der Waals surface area contributed by atoms with Gasteiger partial charge >= 0.3 is 0 Å². The first kappa shape index (κ1) is 23.0. The number of aromatic nitrogens is 2. The lowest BCUT2D eigenvalue weighted by Gasteiger charge is -2.47. The second-order valence-electron chi connectivity index (χ2n) is 10.0. The molecule has 186 valence electrons. The molecule has 6 rings (SSSR count). The van der Waals surface area contributed by atoms with E-state index in [0.717, 1.165) is 61.2 Å². The molecular weight excluding hydrogens is 474 g/mol. The molecule has 1 saturated heterocycles. The zero-order chi connectivity index (χ0) is 24.9. The number of benzene rings is 1. The molecule has 2 N–H and O–H groups in total. The standard InChI is InChI=1S/C27H29N5O3S/c1-2-23(34)30-25-19(29-26(36-25)31-11-4-3-5-12-31)15-22(33)18-8-7-17-13-21-24(35)28-16-27(9-6-10-27)32(21)20(17)14-18/h2,7-8,13-14H,1,3-6,9-12,15-16H2,(H,28,35)(H,30,34). The second-order valence-corrected chi connectivity index (χ2v) is 11.0. The van der Waals surface area contributed by atoms with Crippen molar-refractivity contribution in [1.82, 2.24) is 14.9 Å². The highest BCUT2D eigenvalue weighted by Crippen LogP contribution is 2.44. The van der Waals surface area contributed by atoms with Gasteiger partial charge in [-0.15, -0.1) is 0 Å². The van der Waals surface area contributed by atoms with Crippen LogP contribution in [-0.4, -0.2) is 46.8 Å². The van der Waals surface area contributed by atoms with Crippen LogP contribution in [0.25, 0.3) is 10.9 Å². The lowest BCUT2D eigenvalue weighted by molar-refractivity contribution is -0.111. The Morgan fingerprint density at radius 3 is 2.69 bits per heavy atom. The van der Waals surface area contributed by atoms with Crippen LogP contribution < -0.4 is 15.5 Å². The van der Waals surface area contributed by atoms with E-state index in [2.05, 4.69) is 26.7 Å². The summed E-state index contributed by atoms with van der Waals surface area (Å²) in [5, 5.41) is 8.28. The average Bonchev–Trinajstić information content (AvgIpc) is 3.45. The Labute approximate surface area is 213 Å². The maximum Gasteiger partial charge on any atom is 0.268 e. The van der Waals surface area contributed by atoms with Gasteiger partial charge in [0.2, 0.25) is 5.91 Å². The van der Waals surface area contributed by atoms with Crippen LogP contribution in [-0.2, 0) is 16.8 Å². The molecule has 0 bridgehead atoms. The lowest BCUT2D eigenvalue weighted by atomic mass is 9.75. The number of anilines is 2. The molecular formula is C27H29N5O3S. The van der Waals surface area contributed by atoms with Crippen LogP contribution in [0.15, 0.2) is 36.9 Å². The minimum atomic E-state index is -0.317. The van der Waals surface area contributed by atoms with E-state index in [0.29, 0.717) is 28.5 Å². The number of amides is 2. The molecule has 4 heterocycles. The number of hydrogen-bond donors (Lipinski definition) is 2. The van der Waals surface area contributed by atoms with Gasteiger partial charge in [-0.1, -0.05) is 30.0 Å². The van der Waals surface area contributed by atoms with Crippen molar-refractivity contribution in [3.63, 3.8) is 0 Å². The molecule has 9 heteroatoms. The van der Waals surface area contributed by atoms with E-state index in [4.69, 9.17) is 4.98 Å². The molecule has 3 aromatic rings. The van der Waals surface area contributed by atoms with Gasteiger partial charge in [0.1, 0.15) is 10.7 Å². The number of Topliss-reactive ketones (excluding diaryl/α,β-unsaturated/α-hetero) is 1. The smallest absolute Gasteiger partial charge is 0.268 e. The van der Waals surface area contributed by atoms with Gasteiger partial charge in [-0.3, -0.25) is 14.4 Å². The molecule has 2 fully saturated rings. The highest BCUT2D eigenvalue weighted by atomic mass is 32.1. The zero-order valence-electron chi connectivity index (χ0n) is 20.1. The van der Waals surface area contributed by atoms with Crippen LogP contribution in [0.4, 0.5) is 10.1 Å². The lowest BCUT2D eigenvalue weighted by Crippen LogP contribution is -2.55. The van der Waals surface area contributed by atoms with Gasteiger partial charge in [0.15, 0.2) is 10.9 Å². The van der Waals surface area contributed by atoms with Crippen molar-refractivity contribution in [2.45, 2.75) is 50.5 Å². The third kappa shape index (κ3) is 3.82. The largest absolute Gasteiger partial charge is 0.348 e. The summed E-state index contributed by atoms with van der Waals surface area (Å²) in [6.07, 6.45) is 7.92. The minimum Gasteiger partial charge on any atom is -0.348 e. The molecule has 3 aliphatic rings. The SMILES string of the molecule is C=CC(=O)Nc1sc(N2CCCCC2)nc1CC(=O)c1ccc2cc3n(c2c1)C1(CCC1)CNC3=O. The van der Waals surface area contributed by atoms with E-state index in [1.54, 1.807) is 0 Å². The summed E-state index contributed by atoms with van der Waals surface area (Å²) < 4.78 is 2.16. The predicted octanol–water partition coefficient (Wildman–Crippen LogP) is 4.26. The average molecular weight is 504 g/mol. The summed E-state index contributed by atoms with van der Waals surface area (Å²) in [5.74, 6) is -0.449. The Morgan fingerprint density at radius 1 is 1.17 bits per heavy atom. The van der Waals surface area contributed by atoms with Crippen molar-refractivity contribution in [2.75, 3.05) is 29.9 Å². The van der Waals surface area contributed by atoms with Crippen LogP contribution in [0.2, 0.25) is 0 Å². The van der Waals surface area contributed by atoms with Gasteiger partial charge < -0.3 is 20.1 Å². The van der Waals surface area contributed by atoms with Gasteiger partial charge in [-0.05, 0) is 56.7 Å². The van der Waals surface area contributed by atoms with Crippen LogP contribution in [0, 0.1) is 0 Å². The van der Waals surface area contributed by atoms with E-state index in [9.17, 15) is 14.4 Å². The van der Waals surface area contributed by atoms with E-state index in [1.807, 2.05) is 24.3 Å². The van der Waals surface area contributed by atoms with Crippen molar-refractivity contribution in [3.8, 4) is 0 Å². The predicted molar refractivity (Wildman–Crippen MR) is 141 cm³/mol. The van der Waals surface area contributed by atoms with Crippen molar-refractivity contribution >= 4 is 50.0 Å². The van der Waals surface area contributed by atoms with Crippen molar-refractivity contribution in [1.29, 1.82) is 0 Å². The number of carbonyl (C=O) groups excluding carboxylic acids is 3. The molecule has 0 unspecified atom stereocenters. The van der Waals surface area contributed by atoms with Crippen LogP contribution in [0.1, 0.15) is 65.1 Å². The molecule has 2 aromatic heterocycles. The fourth-order valence-electron chi connectivity index (χ4n) is 5.65. The number of rotatable bonds is 6. The highest BCUT2D eigenvalue weighted by molar-refractivity contribution is 7.19. The van der Waals surface area contributed by atoms with E-state index in [1.165, 1.54) is 23.8 Å². The fraction of sp³-hybridized carbons (Fsp3) is 0.407. The van der Waals surface area contributed by atoms with Crippen LogP contribution >= 0.6 is 11.3 Å². The summed E-state index contributed by atoms with van der Waals surface area (Å²) in [5.41, 5.74) is 2.66. The summed E-state index contributed by atoms with van der Waals surface area (Å²) in [6, 6.07) is 7.59. The molecule has 2 amide bonds. The number of fused-ring (bicyclic) bond motifs is 4. The number of nitrogens with one attached hydrogen (secondary N) is 2. The maximum absolute atomic E-state index is 13.5. The number of nitrogens with zero attached hydrogens (tertiary/aromatic N) is 3. The Morgan fingerprint density at radius 2 is 1.97 bits per heavy atom. The van der Waals surface area contributed by atoms with Crippen molar-refractivity contribution in [2.24, 2.45) is 0 Å². The van der Waals surface area contributed by atoms with Gasteiger partial charge in [-0.25, -0.2) is 4.98 Å². The van der Waals surface area contributed by atoms with Gasteiger partial charge in [0, 0.05) is 36.1 Å². The van der Waals surface area contributed by atoms with Gasteiger partial charge in [0.05, 0.1) is 17.7 Å². The first-order chi connectivity index (χ1) is 17.5. The summed E-state index contributed by atoms with van der Waals surface area (Å²) in [4.78, 5) is 45.1. The molecule has 0 radical (unpaired) electrons. The topological polar surface area (TPSA) is 96.3 Å². The van der Waals surface area contributed by atoms with E-state index < -0.39 is 0 Å². The molecule has 1 saturated carbocycles. The molecule has 8 nitrogen and oxygen atoms in total. The molecule has 1 aliphatic carbocycles. The van der Waals surface area contributed by atoms with Gasteiger partial charge in [0.25, 0.3) is 5.91 Å². The number of carbonyl (C=O) groups is 3. The number of ketones is 1. The fourth-order valence-corrected chi connectivity index (χ4v) is 6.68. The Kier molecular flexibility index (Phi) is 5.67. The first-order valence-electron chi connectivity index (χ1n) is 12.6. The molecule has 0 atom stereocenters. The zero-order valence-corrected chi connectivity index (χ0v) is 21.0. The van der Waals surface area contributed by atoms with Gasteiger partial charge in [-0.2, -0.15) is 0 Å². The highest BCUT2D eigenvalue weighted by Gasteiger charge is 2.44. The summed E-state index contributed by atoms with van der Waals surface area (Å²) in [6.45, 7) is 6.04. The van der Waals surface area contributed by atoms with Crippen molar-refractivity contribution in [3.05, 3.63) is 53.9 Å². The summed E-state index contributed by atoms with van der Waals surface area (Å²) >= 11 is 1.41. The molecule has 1 aromatic carbocycles. The third-order valence-corrected chi connectivity index (χ3v) is 8.83. The maximum atomic E-state index is 13.5. The number of hydrogen-bond acceptors (Lipinski definition) is 6. The van der Waals surface area contributed by atoms with Crippen LogP contribution in [0.3, 0.4) is 0 Å². The first-order valence-corrected chi connectivity index (χ1v) is 13.4. The summed E-state index contributed by atoms with van der Waals surface area (Å²) in [7, 11) is 0. The normalized spacial score (nSPS) is 18.4. The monoisotopic (exact) mass is 503 g/mol. The Bertz CT molecular complexity index is 1390. The quantitative estimate of drug-likeness (QED) is 0.387. The van der Waals surface area contributed by atoms with E-state index in [-0.39, 0.29) is 29.6 Å². The van der Waals surface area contributed by atoms with E-state index >= 15 is 0 Å². The Hall–Kier alpha value is -3.46. The second kappa shape index (κ2) is 8.89. The van der Waals surface area contributed by atoms with Crippen molar-refractivity contribution < 1.29 is 14.4 Å².